The van der Waals surface area contributed by atoms with E-state index in [-0.39, 0.29) is 13.1 Å². The van der Waals surface area contributed by atoms with E-state index in [2.05, 4.69) is 0 Å². The summed E-state index contributed by atoms with van der Waals surface area (Å²) in [6.07, 6.45) is 0. The monoisotopic (exact) mass is 162 g/mol. The standard InChI is InChI=1S/C5H10N2O4/c1-5(2,3-6(8)9)4-7(10)11/h3-4H2,1-2H3. The molecular weight excluding hydrogens is 152 g/mol. The van der Waals surface area contributed by atoms with E-state index >= 15 is 0 Å². The van der Waals surface area contributed by atoms with E-state index in [1.165, 1.54) is 13.8 Å². The van der Waals surface area contributed by atoms with Gasteiger partial charge in [-0.2, -0.15) is 0 Å². The van der Waals surface area contributed by atoms with E-state index in [1.54, 1.807) is 0 Å². The molecule has 0 saturated carbocycles. The summed E-state index contributed by atoms with van der Waals surface area (Å²) in [4.78, 5) is 18.9. The van der Waals surface area contributed by atoms with Crippen LogP contribution in [-0.2, 0) is 0 Å². The highest BCUT2D eigenvalue weighted by atomic mass is 16.6. The van der Waals surface area contributed by atoms with Crippen LogP contribution in [0.5, 0.6) is 0 Å². The quantitative estimate of drug-likeness (QED) is 0.446. The molecule has 0 rings (SSSR count). The van der Waals surface area contributed by atoms with Crippen LogP contribution in [0.2, 0.25) is 0 Å². The second-order valence-electron chi connectivity index (χ2n) is 3.15. The van der Waals surface area contributed by atoms with Gasteiger partial charge < -0.3 is 0 Å². The van der Waals surface area contributed by atoms with Crippen molar-refractivity contribution in [3.63, 3.8) is 0 Å². The zero-order valence-corrected chi connectivity index (χ0v) is 6.44. The predicted molar refractivity (Wildman–Crippen MR) is 37.5 cm³/mol. The highest BCUT2D eigenvalue weighted by Crippen LogP contribution is 2.14. The number of rotatable bonds is 4. The average molecular weight is 162 g/mol. The third-order valence-electron chi connectivity index (χ3n) is 1.11. The van der Waals surface area contributed by atoms with E-state index in [0.29, 0.717) is 0 Å². The lowest BCUT2D eigenvalue weighted by molar-refractivity contribution is -0.536. The first kappa shape index (κ1) is 9.80. The van der Waals surface area contributed by atoms with Crippen molar-refractivity contribution in [1.29, 1.82) is 0 Å². The Hall–Kier alpha value is -1.20. The highest BCUT2D eigenvalue weighted by molar-refractivity contribution is 4.64. The van der Waals surface area contributed by atoms with E-state index in [0.717, 1.165) is 0 Å². The summed E-state index contributed by atoms with van der Waals surface area (Å²) >= 11 is 0. The second kappa shape index (κ2) is 3.27. The van der Waals surface area contributed by atoms with Crippen molar-refractivity contribution in [2.24, 2.45) is 5.41 Å². The molecule has 0 unspecified atom stereocenters. The maximum absolute atomic E-state index is 9.98. The minimum absolute atomic E-state index is 0.367. The molecule has 0 radical (unpaired) electrons. The Labute approximate surface area is 63.5 Å². The molecule has 0 N–H and O–H groups in total. The van der Waals surface area contributed by atoms with Crippen molar-refractivity contribution in [3.05, 3.63) is 20.2 Å². The third-order valence-corrected chi connectivity index (χ3v) is 1.11. The molecule has 0 amide bonds. The molecule has 0 bridgehead atoms. The summed E-state index contributed by atoms with van der Waals surface area (Å²) in [6, 6.07) is 0. The summed E-state index contributed by atoms with van der Waals surface area (Å²) in [5.74, 6) is 0. The maximum atomic E-state index is 9.98. The van der Waals surface area contributed by atoms with Crippen LogP contribution in [0.15, 0.2) is 0 Å². The van der Waals surface area contributed by atoms with Gasteiger partial charge in [0.2, 0.25) is 13.1 Å². The topological polar surface area (TPSA) is 86.3 Å². The molecule has 0 aliphatic carbocycles. The molecule has 0 spiro atoms. The second-order valence-corrected chi connectivity index (χ2v) is 3.15. The van der Waals surface area contributed by atoms with Crippen LogP contribution in [-0.4, -0.2) is 22.9 Å². The molecule has 0 aromatic rings. The zero-order valence-electron chi connectivity index (χ0n) is 6.44. The Morgan fingerprint density at radius 3 is 1.55 bits per heavy atom. The first-order chi connectivity index (χ1) is 4.83. The molecule has 0 aromatic carbocycles. The van der Waals surface area contributed by atoms with Crippen molar-refractivity contribution < 1.29 is 9.85 Å². The molecule has 0 aromatic heterocycles. The van der Waals surface area contributed by atoms with Crippen LogP contribution in [0.4, 0.5) is 0 Å². The third kappa shape index (κ3) is 5.25. The van der Waals surface area contributed by atoms with Crippen LogP contribution in [0, 0.1) is 25.6 Å². The van der Waals surface area contributed by atoms with Crippen LogP contribution in [0.3, 0.4) is 0 Å². The molecule has 6 nitrogen and oxygen atoms in total. The van der Waals surface area contributed by atoms with Crippen molar-refractivity contribution in [2.45, 2.75) is 13.8 Å². The summed E-state index contributed by atoms with van der Waals surface area (Å²) in [7, 11) is 0. The van der Waals surface area contributed by atoms with Gasteiger partial charge in [0.15, 0.2) is 0 Å². The Kier molecular flexibility index (Phi) is 2.91. The van der Waals surface area contributed by atoms with Gasteiger partial charge in [-0.1, -0.05) is 0 Å². The number of nitro groups is 2. The molecule has 0 atom stereocenters. The molecule has 0 aliphatic rings. The van der Waals surface area contributed by atoms with E-state index in [9.17, 15) is 20.2 Å². The van der Waals surface area contributed by atoms with Gasteiger partial charge >= 0.3 is 0 Å². The lowest BCUT2D eigenvalue weighted by atomic mass is 9.94. The smallest absolute Gasteiger partial charge is 0.215 e. The fourth-order valence-corrected chi connectivity index (χ4v) is 0.749. The molecule has 0 fully saturated rings. The van der Waals surface area contributed by atoms with Crippen LogP contribution in [0.25, 0.3) is 0 Å². The fraction of sp³-hybridized carbons (Fsp3) is 1.00. The van der Waals surface area contributed by atoms with Gasteiger partial charge in [-0.3, -0.25) is 20.2 Å². The van der Waals surface area contributed by atoms with Crippen molar-refractivity contribution in [2.75, 3.05) is 13.1 Å². The van der Waals surface area contributed by atoms with Crippen LogP contribution >= 0.6 is 0 Å². The lowest BCUT2D eigenvalue weighted by Gasteiger charge is -2.12. The van der Waals surface area contributed by atoms with Crippen molar-refractivity contribution in [1.82, 2.24) is 0 Å². The largest absolute Gasteiger partial charge is 0.265 e. The summed E-state index contributed by atoms with van der Waals surface area (Å²) in [5, 5.41) is 20.0. The Morgan fingerprint density at radius 1 is 1.09 bits per heavy atom. The van der Waals surface area contributed by atoms with E-state index in [1.807, 2.05) is 0 Å². The van der Waals surface area contributed by atoms with E-state index < -0.39 is 15.3 Å². The van der Waals surface area contributed by atoms with Gasteiger partial charge in [-0.25, -0.2) is 0 Å². The Balaban J connectivity index is 3.99. The molecule has 6 heteroatoms. The van der Waals surface area contributed by atoms with E-state index in [4.69, 9.17) is 0 Å². The van der Waals surface area contributed by atoms with Gasteiger partial charge in [-0.15, -0.1) is 0 Å². The van der Waals surface area contributed by atoms with Crippen molar-refractivity contribution in [3.8, 4) is 0 Å². The predicted octanol–water partition coefficient (Wildman–Crippen LogP) is 0.566. The van der Waals surface area contributed by atoms with Crippen LogP contribution in [0.1, 0.15) is 13.8 Å². The van der Waals surface area contributed by atoms with Crippen LogP contribution < -0.4 is 0 Å². The zero-order chi connectivity index (χ0) is 9.07. The number of hydrogen-bond donors (Lipinski definition) is 0. The first-order valence-electron chi connectivity index (χ1n) is 3.07. The minimum atomic E-state index is -0.854. The molecule has 0 saturated heterocycles. The molecular formula is C5H10N2O4. The molecule has 0 heterocycles. The highest BCUT2D eigenvalue weighted by Gasteiger charge is 2.30. The first-order valence-corrected chi connectivity index (χ1v) is 3.07. The fourth-order valence-electron chi connectivity index (χ4n) is 0.749. The summed E-state index contributed by atoms with van der Waals surface area (Å²) in [6.45, 7) is 2.26. The normalized spacial score (nSPS) is 11.1. The maximum Gasteiger partial charge on any atom is 0.215 e. The number of nitrogens with zero attached hydrogens (tertiary/aromatic N) is 2. The minimum Gasteiger partial charge on any atom is -0.265 e. The summed E-state index contributed by atoms with van der Waals surface area (Å²) in [5.41, 5.74) is -0.854. The van der Waals surface area contributed by atoms with Gasteiger partial charge in [-0.05, 0) is 13.8 Å². The SMILES string of the molecule is CC(C)(C[N+](=O)[O-])C[N+](=O)[O-]. The van der Waals surface area contributed by atoms with Gasteiger partial charge in [0, 0.05) is 9.85 Å². The van der Waals surface area contributed by atoms with Crippen molar-refractivity contribution >= 4 is 0 Å². The van der Waals surface area contributed by atoms with Gasteiger partial charge in [0.05, 0.1) is 5.41 Å². The van der Waals surface area contributed by atoms with Gasteiger partial charge in [0.25, 0.3) is 0 Å². The Morgan fingerprint density at radius 2 is 1.36 bits per heavy atom. The molecule has 0 aliphatic heterocycles. The number of hydrogen-bond acceptors (Lipinski definition) is 4. The lowest BCUT2D eigenvalue weighted by Crippen LogP contribution is -2.30. The average Bonchev–Trinajstić information content (AvgIpc) is 1.53. The molecule has 11 heavy (non-hydrogen) atoms. The van der Waals surface area contributed by atoms with Gasteiger partial charge in [0.1, 0.15) is 0 Å². The Bertz CT molecular complexity index is 159. The molecule has 64 valence electrons. The summed E-state index contributed by atoms with van der Waals surface area (Å²) < 4.78 is 0.